The summed E-state index contributed by atoms with van der Waals surface area (Å²) in [5.74, 6) is -0.282. The summed E-state index contributed by atoms with van der Waals surface area (Å²) >= 11 is 0. The lowest BCUT2D eigenvalue weighted by Crippen LogP contribution is -1.93. The molecule has 0 fully saturated rings. The molecule has 0 unspecified atom stereocenters. The summed E-state index contributed by atoms with van der Waals surface area (Å²) in [6, 6.07) is 0. The third kappa shape index (κ3) is 0.809. The predicted molar refractivity (Wildman–Crippen MR) is 43.2 cm³/mol. The molecule has 62 valence electrons. The monoisotopic (exact) mass is 165 g/mol. The maximum atomic E-state index is 13.0. The van der Waals surface area contributed by atoms with Gasteiger partial charge in [-0.05, 0) is 12.5 Å². The highest BCUT2D eigenvalue weighted by Crippen LogP contribution is 2.16. The average Bonchev–Trinajstić information content (AvgIpc) is 2.41. The molecule has 2 aromatic rings. The first kappa shape index (κ1) is 7.21. The van der Waals surface area contributed by atoms with Crippen molar-refractivity contribution in [3.63, 3.8) is 0 Å². The minimum absolute atomic E-state index is 0.282. The average molecular weight is 165 g/mol. The first-order valence-electron chi connectivity index (χ1n) is 3.63. The van der Waals surface area contributed by atoms with Crippen molar-refractivity contribution >= 4 is 11.0 Å². The Balaban J connectivity index is 2.93. The summed E-state index contributed by atoms with van der Waals surface area (Å²) < 4.78 is 14.6. The molecule has 3 nitrogen and oxygen atoms in total. The van der Waals surface area contributed by atoms with Gasteiger partial charge in [0.05, 0.1) is 12.4 Å². The lowest BCUT2D eigenvalue weighted by atomic mass is 10.2. The summed E-state index contributed by atoms with van der Waals surface area (Å²) in [4.78, 5) is 3.93. The SMILES string of the molecule is Cc1c(F)cnc2c1cnn2C. The van der Waals surface area contributed by atoms with E-state index in [1.807, 2.05) is 0 Å². The molecule has 2 heterocycles. The van der Waals surface area contributed by atoms with Gasteiger partial charge in [-0.15, -0.1) is 0 Å². The first-order valence-corrected chi connectivity index (χ1v) is 3.63. The van der Waals surface area contributed by atoms with Gasteiger partial charge in [0.1, 0.15) is 5.82 Å². The van der Waals surface area contributed by atoms with E-state index in [0.29, 0.717) is 11.2 Å². The summed E-state index contributed by atoms with van der Waals surface area (Å²) in [5.41, 5.74) is 1.32. The van der Waals surface area contributed by atoms with Gasteiger partial charge >= 0.3 is 0 Å². The van der Waals surface area contributed by atoms with Gasteiger partial charge in [-0.1, -0.05) is 0 Å². The third-order valence-electron chi connectivity index (χ3n) is 1.97. The maximum Gasteiger partial charge on any atom is 0.157 e. The molecule has 0 amide bonds. The fraction of sp³-hybridized carbons (Fsp3) is 0.250. The summed E-state index contributed by atoms with van der Waals surface area (Å²) in [5, 5.41) is 4.76. The molecular formula is C8H8FN3. The minimum Gasteiger partial charge on any atom is -0.250 e. The third-order valence-corrected chi connectivity index (χ3v) is 1.97. The van der Waals surface area contributed by atoms with Crippen LogP contribution in [-0.2, 0) is 7.05 Å². The molecule has 0 aliphatic carbocycles. The number of rotatable bonds is 0. The minimum atomic E-state index is -0.282. The van der Waals surface area contributed by atoms with Gasteiger partial charge in [-0.2, -0.15) is 5.10 Å². The second-order valence-electron chi connectivity index (χ2n) is 2.74. The fourth-order valence-electron chi connectivity index (χ4n) is 1.19. The van der Waals surface area contributed by atoms with E-state index in [0.717, 1.165) is 5.39 Å². The molecule has 2 rings (SSSR count). The van der Waals surface area contributed by atoms with E-state index in [9.17, 15) is 4.39 Å². The van der Waals surface area contributed by atoms with E-state index < -0.39 is 0 Å². The lowest BCUT2D eigenvalue weighted by Gasteiger charge is -1.96. The molecule has 0 aliphatic rings. The van der Waals surface area contributed by atoms with E-state index in [2.05, 4.69) is 10.1 Å². The number of fused-ring (bicyclic) bond motifs is 1. The standard InChI is InChI=1S/C8H8FN3/c1-5-6-3-11-12(2)8(6)10-4-7(5)9/h3-4H,1-2H3. The Morgan fingerprint density at radius 2 is 2.17 bits per heavy atom. The van der Waals surface area contributed by atoms with Crippen LogP contribution in [0.25, 0.3) is 11.0 Å². The maximum absolute atomic E-state index is 13.0. The molecule has 0 atom stereocenters. The smallest absolute Gasteiger partial charge is 0.157 e. The molecule has 0 aliphatic heterocycles. The van der Waals surface area contributed by atoms with Gasteiger partial charge in [-0.3, -0.25) is 4.68 Å². The number of halogens is 1. The fourth-order valence-corrected chi connectivity index (χ4v) is 1.19. The summed E-state index contributed by atoms with van der Waals surface area (Å²) in [7, 11) is 1.78. The molecule has 0 spiro atoms. The van der Waals surface area contributed by atoms with Gasteiger partial charge in [0.2, 0.25) is 0 Å². The summed E-state index contributed by atoms with van der Waals surface area (Å²) in [6.07, 6.45) is 2.85. The molecule has 0 N–H and O–H groups in total. The van der Waals surface area contributed by atoms with Crippen LogP contribution in [0.2, 0.25) is 0 Å². The van der Waals surface area contributed by atoms with Gasteiger partial charge in [0.25, 0.3) is 0 Å². The van der Waals surface area contributed by atoms with Crippen LogP contribution in [0.15, 0.2) is 12.4 Å². The number of hydrogen-bond donors (Lipinski definition) is 0. The Morgan fingerprint density at radius 1 is 1.42 bits per heavy atom. The van der Waals surface area contributed by atoms with Crippen molar-refractivity contribution < 1.29 is 4.39 Å². The topological polar surface area (TPSA) is 30.7 Å². The number of hydrogen-bond acceptors (Lipinski definition) is 2. The van der Waals surface area contributed by atoms with Crippen molar-refractivity contribution in [3.05, 3.63) is 23.8 Å². The van der Waals surface area contributed by atoms with Crippen LogP contribution in [0.4, 0.5) is 4.39 Å². The Hall–Kier alpha value is -1.45. The van der Waals surface area contributed by atoms with Crippen molar-refractivity contribution in [1.82, 2.24) is 14.8 Å². The number of aromatic nitrogens is 3. The molecule has 2 aromatic heterocycles. The normalized spacial score (nSPS) is 10.9. The van der Waals surface area contributed by atoms with Crippen LogP contribution >= 0.6 is 0 Å². The molecule has 0 saturated carbocycles. The van der Waals surface area contributed by atoms with Crippen LogP contribution in [-0.4, -0.2) is 14.8 Å². The Morgan fingerprint density at radius 3 is 2.92 bits per heavy atom. The Bertz CT molecular complexity index is 433. The van der Waals surface area contributed by atoms with E-state index in [-0.39, 0.29) is 5.82 Å². The molecule has 12 heavy (non-hydrogen) atoms. The number of aryl methyl sites for hydroxylation is 2. The molecule has 0 bridgehead atoms. The van der Waals surface area contributed by atoms with Crippen molar-refractivity contribution in [2.75, 3.05) is 0 Å². The highest BCUT2D eigenvalue weighted by atomic mass is 19.1. The van der Waals surface area contributed by atoms with Crippen LogP contribution < -0.4 is 0 Å². The quantitative estimate of drug-likeness (QED) is 0.591. The number of pyridine rings is 1. The second kappa shape index (κ2) is 2.27. The molecule has 0 aromatic carbocycles. The van der Waals surface area contributed by atoms with Crippen molar-refractivity contribution in [2.24, 2.45) is 7.05 Å². The zero-order chi connectivity index (χ0) is 8.72. The molecular weight excluding hydrogens is 157 g/mol. The van der Waals surface area contributed by atoms with E-state index in [4.69, 9.17) is 0 Å². The van der Waals surface area contributed by atoms with Gasteiger partial charge in [0.15, 0.2) is 5.65 Å². The predicted octanol–water partition coefficient (Wildman–Crippen LogP) is 1.42. The Kier molecular flexibility index (Phi) is 1.36. The Labute approximate surface area is 68.8 Å². The zero-order valence-corrected chi connectivity index (χ0v) is 6.87. The van der Waals surface area contributed by atoms with Gasteiger partial charge < -0.3 is 0 Å². The van der Waals surface area contributed by atoms with Gasteiger partial charge in [-0.25, -0.2) is 9.37 Å². The van der Waals surface area contributed by atoms with E-state index >= 15 is 0 Å². The first-order chi connectivity index (χ1) is 5.70. The van der Waals surface area contributed by atoms with E-state index in [1.54, 1.807) is 24.9 Å². The summed E-state index contributed by atoms with van der Waals surface area (Å²) in [6.45, 7) is 1.72. The molecule has 0 radical (unpaired) electrons. The number of nitrogens with zero attached hydrogens (tertiary/aromatic N) is 3. The van der Waals surface area contributed by atoms with Crippen LogP contribution in [0, 0.1) is 12.7 Å². The van der Waals surface area contributed by atoms with Crippen molar-refractivity contribution in [1.29, 1.82) is 0 Å². The largest absolute Gasteiger partial charge is 0.250 e. The second-order valence-corrected chi connectivity index (χ2v) is 2.74. The van der Waals surface area contributed by atoms with Crippen LogP contribution in [0.1, 0.15) is 5.56 Å². The van der Waals surface area contributed by atoms with Crippen LogP contribution in [0.5, 0.6) is 0 Å². The molecule has 0 saturated heterocycles. The van der Waals surface area contributed by atoms with Crippen molar-refractivity contribution in [2.45, 2.75) is 6.92 Å². The highest BCUT2D eigenvalue weighted by molar-refractivity contribution is 5.78. The van der Waals surface area contributed by atoms with Crippen LogP contribution in [0.3, 0.4) is 0 Å². The van der Waals surface area contributed by atoms with E-state index in [1.165, 1.54) is 6.20 Å². The van der Waals surface area contributed by atoms with Gasteiger partial charge in [0, 0.05) is 12.4 Å². The lowest BCUT2D eigenvalue weighted by molar-refractivity contribution is 0.615. The zero-order valence-electron chi connectivity index (χ0n) is 6.87. The van der Waals surface area contributed by atoms with Crippen molar-refractivity contribution in [3.8, 4) is 0 Å². The molecule has 4 heteroatoms. The highest BCUT2D eigenvalue weighted by Gasteiger charge is 2.06.